The number of aryl methyl sites for hydroxylation is 1. The summed E-state index contributed by atoms with van der Waals surface area (Å²) in [6, 6.07) is 4.85. The Kier molecular flexibility index (Phi) is 5.07. The molecule has 3 nitrogen and oxygen atoms in total. The summed E-state index contributed by atoms with van der Waals surface area (Å²) in [6.45, 7) is 3.15. The molecule has 1 aromatic rings. The summed E-state index contributed by atoms with van der Waals surface area (Å²) in [5.41, 5.74) is 1.58. The molecule has 17 heavy (non-hydrogen) atoms. The lowest BCUT2D eigenvalue weighted by Gasteiger charge is -2.09. The van der Waals surface area contributed by atoms with E-state index in [1.54, 1.807) is 13.0 Å². The van der Waals surface area contributed by atoms with E-state index >= 15 is 0 Å². The van der Waals surface area contributed by atoms with Gasteiger partial charge in [-0.3, -0.25) is 14.5 Å². The smallest absolute Gasteiger partial charge is 0.258 e. The van der Waals surface area contributed by atoms with Gasteiger partial charge in [0.1, 0.15) is 0 Å². The van der Waals surface area contributed by atoms with E-state index in [-0.39, 0.29) is 5.69 Å². The number of halogens is 1. The van der Waals surface area contributed by atoms with E-state index in [0.29, 0.717) is 11.5 Å². The maximum absolute atomic E-state index is 12.6. The van der Waals surface area contributed by atoms with Crippen LogP contribution < -0.4 is 0 Å². The fourth-order valence-corrected chi connectivity index (χ4v) is 1.63. The minimum Gasteiger partial charge on any atom is -0.258 e. The average molecular weight is 238 g/mol. The van der Waals surface area contributed by atoms with Gasteiger partial charge in [-0.2, -0.15) is 0 Å². The van der Waals surface area contributed by atoms with Gasteiger partial charge in [0.05, 0.1) is 11.6 Å². The lowest BCUT2D eigenvalue weighted by Crippen LogP contribution is -2.00. The summed E-state index contributed by atoms with van der Waals surface area (Å²) in [7, 11) is 0. The topological polar surface area (TPSA) is 43.1 Å². The molecule has 0 saturated heterocycles. The normalized spacial score (nSPS) is 10.8. The molecule has 93 valence electrons. The van der Waals surface area contributed by atoms with Gasteiger partial charge in [0.15, 0.2) is 0 Å². The molecule has 0 fully saturated rings. The summed E-state index contributed by atoms with van der Waals surface area (Å²) >= 11 is 0. The molecular formula is C13H17FNO2. The summed E-state index contributed by atoms with van der Waals surface area (Å²) in [5.74, 6) is 0.534. The SMILES string of the molecule is CCCCc1cc([C](C)CF)cc([N+](=O)[O-])c1. The highest BCUT2D eigenvalue weighted by Crippen LogP contribution is 2.24. The first-order valence-corrected chi connectivity index (χ1v) is 5.75. The van der Waals surface area contributed by atoms with Gasteiger partial charge in [0, 0.05) is 18.1 Å². The summed E-state index contributed by atoms with van der Waals surface area (Å²) < 4.78 is 12.6. The van der Waals surface area contributed by atoms with E-state index in [1.165, 1.54) is 6.07 Å². The van der Waals surface area contributed by atoms with Crippen LogP contribution in [0.2, 0.25) is 0 Å². The van der Waals surface area contributed by atoms with Crippen molar-refractivity contribution in [2.75, 3.05) is 6.67 Å². The quantitative estimate of drug-likeness (QED) is 0.558. The number of alkyl halides is 1. The Morgan fingerprint density at radius 3 is 2.65 bits per heavy atom. The van der Waals surface area contributed by atoms with E-state index in [1.807, 2.05) is 6.07 Å². The highest BCUT2D eigenvalue weighted by Gasteiger charge is 2.14. The van der Waals surface area contributed by atoms with E-state index in [0.717, 1.165) is 24.8 Å². The van der Waals surface area contributed by atoms with Crippen molar-refractivity contribution in [3.8, 4) is 0 Å². The van der Waals surface area contributed by atoms with Crippen LogP contribution in [0.5, 0.6) is 0 Å². The number of nitro benzene ring substituents is 1. The maximum Gasteiger partial charge on any atom is 0.269 e. The molecule has 1 rings (SSSR count). The van der Waals surface area contributed by atoms with Gasteiger partial charge in [-0.15, -0.1) is 0 Å². The molecule has 0 bridgehead atoms. The Hall–Kier alpha value is -1.45. The van der Waals surface area contributed by atoms with Crippen molar-refractivity contribution in [2.45, 2.75) is 33.1 Å². The maximum atomic E-state index is 12.6. The molecule has 4 heteroatoms. The van der Waals surface area contributed by atoms with Crippen LogP contribution in [-0.4, -0.2) is 11.6 Å². The second-order valence-electron chi connectivity index (χ2n) is 4.16. The number of non-ortho nitro benzene ring substituents is 1. The first kappa shape index (κ1) is 13.6. The van der Waals surface area contributed by atoms with E-state index in [4.69, 9.17) is 0 Å². The summed E-state index contributed by atoms with van der Waals surface area (Å²) in [4.78, 5) is 10.4. The van der Waals surface area contributed by atoms with Crippen molar-refractivity contribution in [3.05, 3.63) is 45.4 Å². The third-order valence-electron chi connectivity index (χ3n) is 2.70. The minimum atomic E-state index is -0.575. The predicted molar refractivity (Wildman–Crippen MR) is 65.7 cm³/mol. The molecule has 0 saturated carbocycles. The lowest BCUT2D eigenvalue weighted by atomic mass is 9.97. The van der Waals surface area contributed by atoms with Crippen LogP contribution in [0, 0.1) is 16.0 Å². The van der Waals surface area contributed by atoms with Crippen molar-refractivity contribution >= 4 is 5.69 Å². The fourth-order valence-electron chi connectivity index (χ4n) is 1.63. The van der Waals surface area contributed by atoms with Crippen molar-refractivity contribution in [1.29, 1.82) is 0 Å². The fraction of sp³-hybridized carbons (Fsp3) is 0.462. The molecule has 0 N–H and O–H groups in total. The highest BCUT2D eigenvalue weighted by molar-refractivity contribution is 5.44. The van der Waals surface area contributed by atoms with Crippen LogP contribution >= 0.6 is 0 Å². The van der Waals surface area contributed by atoms with Crippen molar-refractivity contribution in [1.82, 2.24) is 0 Å². The Bertz CT molecular complexity index is 393. The monoisotopic (exact) mass is 238 g/mol. The minimum absolute atomic E-state index is 0.0430. The Balaban J connectivity index is 3.05. The standard InChI is InChI=1S/C13H17FNO2/c1-3-4-5-11-6-12(10(2)9-14)8-13(7-11)15(16)17/h6-8H,3-5,9H2,1-2H3. The van der Waals surface area contributed by atoms with Gasteiger partial charge in [0.25, 0.3) is 5.69 Å². The number of nitro groups is 1. The molecule has 0 aromatic heterocycles. The van der Waals surface area contributed by atoms with Crippen molar-refractivity contribution < 1.29 is 9.31 Å². The third kappa shape index (κ3) is 3.80. The van der Waals surface area contributed by atoms with Crippen LogP contribution in [0.4, 0.5) is 10.1 Å². The van der Waals surface area contributed by atoms with Gasteiger partial charge < -0.3 is 0 Å². The Morgan fingerprint density at radius 2 is 2.12 bits per heavy atom. The number of hydrogen-bond acceptors (Lipinski definition) is 2. The molecule has 0 amide bonds. The first-order valence-electron chi connectivity index (χ1n) is 5.75. The van der Waals surface area contributed by atoms with Crippen LogP contribution in [0.1, 0.15) is 37.8 Å². The van der Waals surface area contributed by atoms with E-state index in [9.17, 15) is 14.5 Å². The Labute approximate surface area is 101 Å². The van der Waals surface area contributed by atoms with Crippen molar-refractivity contribution in [2.24, 2.45) is 0 Å². The van der Waals surface area contributed by atoms with Crippen LogP contribution in [0.3, 0.4) is 0 Å². The molecule has 0 heterocycles. The molecule has 0 atom stereocenters. The van der Waals surface area contributed by atoms with Gasteiger partial charge in [-0.05, 0) is 24.0 Å². The predicted octanol–water partition coefficient (Wildman–Crippen LogP) is 3.85. The molecule has 1 aromatic carbocycles. The molecule has 0 aliphatic heterocycles. The molecule has 0 aliphatic rings. The van der Waals surface area contributed by atoms with Crippen molar-refractivity contribution in [3.63, 3.8) is 0 Å². The lowest BCUT2D eigenvalue weighted by molar-refractivity contribution is -0.385. The zero-order chi connectivity index (χ0) is 12.8. The molecular weight excluding hydrogens is 221 g/mol. The van der Waals surface area contributed by atoms with E-state index in [2.05, 4.69) is 6.92 Å². The van der Waals surface area contributed by atoms with Gasteiger partial charge >= 0.3 is 0 Å². The largest absolute Gasteiger partial charge is 0.269 e. The van der Waals surface area contributed by atoms with E-state index < -0.39 is 11.6 Å². The third-order valence-corrected chi connectivity index (χ3v) is 2.70. The number of benzene rings is 1. The number of rotatable bonds is 6. The zero-order valence-corrected chi connectivity index (χ0v) is 10.2. The van der Waals surface area contributed by atoms with Gasteiger partial charge in [0.2, 0.25) is 0 Å². The molecule has 1 radical (unpaired) electrons. The molecule has 0 aliphatic carbocycles. The van der Waals surface area contributed by atoms with Crippen LogP contribution in [0.15, 0.2) is 18.2 Å². The first-order chi connectivity index (χ1) is 8.08. The second-order valence-corrected chi connectivity index (χ2v) is 4.16. The Morgan fingerprint density at radius 1 is 1.41 bits per heavy atom. The van der Waals surface area contributed by atoms with Gasteiger partial charge in [-0.25, -0.2) is 0 Å². The highest BCUT2D eigenvalue weighted by atomic mass is 19.1. The van der Waals surface area contributed by atoms with Crippen LogP contribution in [0.25, 0.3) is 0 Å². The average Bonchev–Trinajstić information content (AvgIpc) is 2.34. The number of nitrogens with zero attached hydrogens (tertiary/aromatic N) is 1. The number of unbranched alkanes of at least 4 members (excludes halogenated alkanes) is 1. The zero-order valence-electron chi connectivity index (χ0n) is 10.2. The molecule has 0 unspecified atom stereocenters. The molecule has 0 spiro atoms. The van der Waals surface area contributed by atoms with Crippen LogP contribution in [-0.2, 0) is 6.42 Å². The van der Waals surface area contributed by atoms with Gasteiger partial charge in [-0.1, -0.05) is 26.3 Å². The number of hydrogen-bond donors (Lipinski definition) is 0. The summed E-state index contributed by atoms with van der Waals surface area (Å²) in [6.07, 6.45) is 2.81. The summed E-state index contributed by atoms with van der Waals surface area (Å²) in [5, 5.41) is 10.8. The second kappa shape index (κ2) is 6.33.